The van der Waals surface area contributed by atoms with Crippen LogP contribution >= 0.6 is 0 Å². The van der Waals surface area contributed by atoms with Gasteiger partial charge in [0.1, 0.15) is 11.8 Å². The number of anilines is 1. The Kier molecular flexibility index (Phi) is 7.19. The highest BCUT2D eigenvalue weighted by Gasteiger charge is 2.14. The van der Waals surface area contributed by atoms with Gasteiger partial charge in [-0.15, -0.1) is 0 Å². The molecule has 0 bridgehead atoms. The van der Waals surface area contributed by atoms with Crippen molar-refractivity contribution < 1.29 is 9.53 Å². The number of nitriles is 1. The first kappa shape index (κ1) is 20.3. The third kappa shape index (κ3) is 5.72. The molecule has 27 heavy (non-hydrogen) atoms. The molecular formula is C23H26N2O2. The van der Waals surface area contributed by atoms with E-state index in [2.05, 4.69) is 45.1 Å². The Labute approximate surface area is 161 Å². The van der Waals surface area contributed by atoms with E-state index in [9.17, 15) is 4.79 Å². The maximum absolute atomic E-state index is 12.5. The number of hydrogen-bond acceptors (Lipinski definition) is 3. The smallest absolute Gasteiger partial charge is 0.248 e. The van der Waals surface area contributed by atoms with Crippen molar-refractivity contribution in [2.24, 2.45) is 0 Å². The van der Waals surface area contributed by atoms with Crippen LogP contribution in [-0.4, -0.2) is 12.5 Å². The lowest BCUT2D eigenvalue weighted by molar-refractivity contribution is -0.111. The summed E-state index contributed by atoms with van der Waals surface area (Å²) in [6.07, 6.45) is 3.29. The van der Waals surface area contributed by atoms with E-state index in [1.165, 1.54) is 6.08 Å². The van der Waals surface area contributed by atoms with Gasteiger partial charge in [0.05, 0.1) is 0 Å². The lowest BCUT2D eigenvalue weighted by atomic mass is 9.92. The Morgan fingerprint density at radius 3 is 2.19 bits per heavy atom. The summed E-state index contributed by atoms with van der Waals surface area (Å²) in [7, 11) is 0. The van der Waals surface area contributed by atoms with Gasteiger partial charge in [0.25, 0.3) is 0 Å². The quantitative estimate of drug-likeness (QED) is 0.663. The molecule has 0 aliphatic rings. The number of carbonyl (C=O) groups is 1. The summed E-state index contributed by atoms with van der Waals surface area (Å²) in [6, 6.07) is 15.4. The molecule has 4 heteroatoms. The maximum atomic E-state index is 12.5. The Balaban J connectivity index is 2.14. The van der Waals surface area contributed by atoms with Crippen LogP contribution in [0.25, 0.3) is 6.08 Å². The van der Waals surface area contributed by atoms with E-state index in [4.69, 9.17) is 10.00 Å². The maximum Gasteiger partial charge on any atom is 0.248 e. The van der Waals surface area contributed by atoms with Crippen LogP contribution in [0.2, 0.25) is 0 Å². The largest absolute Gasteiger partial charge is 0.479 e. The van der Waals surface area contributed by atoms with Gasteiger partial charge in [-0.25, -0.2) is 0 Å². The number of benzene rings is 2. The summed E-state index contributed by atoms with van der Waals surface area (Å²) in [6.45, 7) is 8.52. The minimum Gasteiger partial charge on any atom is -0.479 e. The number of hydrogen-bond donors (Lipinski definition) is 1. The van der Waals surface area contributed by atoms with Crippen LogP contribution in [-0.2, 0) is 4.79 Å². The average molecular weight is 362 g/mol. The van der Waals surface area contributed by atoms with Crippen molar-refractivity contribution in [3.05, 3.63) is 65.2 Å². The number of para-hydroxylation sites is 1. The van der Waals surface area contributed by atoms with E-state index in [0.29, 0.717) is 17.6 Å². The fraction of sp³-hybridized carbons (Fsp3) is 0.304. The number of ether oxygens (including phenoxy) is 1. The monoisotopic (exact) mass is 362 g/mol. The number of nitrogens with zero attached hydrogens (tertiary/aromatic N) is 1. The molecule has 0 unspecified atom stereocenters. The molecule has 2 aromatic carbocycles. The van der Waals surface area contributed by atoms with Crippen LogP contribution in [0.5, 0.6) is 5.75 Å². The van der Waals surface area contributed by atoms with Gasteiger partial charge in [0.15, 0.2) is 6.61 Å². The second-order valence-electron chi connectivity index (χ2n) is 6.96. The lowest BCUT2D eigenvalue weighted by Gasteiger charge is -2.19. The van der Waals surface area contributed by atoms with Crippen molar-refractivity contribution in [3.63, 3.8) is 0 Å². The Bertz CT molecular complexity index is 817. The number of carbonyl (C=O) groups excluding carboxylic acids is 1. The zero-order chi connectivity index (χ0) is 19.8. The molecule has 0 radical (unpaired) electrons. The molecule has 4 nitrogen and oxygen atoms in total. The Morgan fingerprint density at radius 2 is 1.67 bits per heavy atom. The summed E-state index contributed by atoms with van der Waals surface area (Å²) in [5.41, 5.74) is 4.08. The van der Waals surface area contributed by atoms with Crippen molar-refractivity contribution in [1.29, 1.82) is 5.26 Å². The topological polar surface area (TPSA) is 62.1 Å². The normalized spacial score (nSPS) is 11.0. The summed E-state index contributed by atoms with van der Waals surface area (Å²) in [5.74, 6) is 1.12. The van der Waals surface area contributed by atoms with Gasteiger partial charge in [-0.05, 0) is 46.7 Å². The molecule has 1 amide bonds. The SMILES string of the molecule is CC(C)c1cccc(C(C)C)c1NC(=O)/C=C/c1ccc(OCC#N)cc1. The summed E-state index contributed by atoms with van der Waals surface area (Å²) >= 11 is 0. The molecular weight excluding hydrogens is 336 g/mol. The van der Waals surface area contributed by atoms with Gasteiger partial charge in [0.2, 0.25) is 5.91 Å². The van der Waals surface area contributed by atoms with Crippen LogP contribution in [0.1, 0.15) is 56.2 Å². The minimum atomic E-state index is -0.158. The van der Waals surface area contributed by atoms with Crippen LogP contribution in [0.3, 0.4) is 0 Å². The average Bonchev–Trinajstić information content (AvgIpc) is 2.65. The van der Waals surface area contributed by atoms with Crippen molar-refractivity contribution in [1.82, 2.24) is 0 Å². The van der Waals surface area contributed by atoms with Crippen LogP contribution in [0.15, 0.2) is 48.5 Å². The molecule has 1 N–H and O–H groups in total. The van der Waals surface area contributed by atoms with E-state index in [-0.39, 0.29) is 12.5 Å². The molecule has 0 heterocycles. The van der Waals surface area contributed by atoms with Gasteiger partial charge < -0.3 is 10.1 Å². The van der Waals surface area contributed by atoms with E-state index < -0.39 is 0 Å². The fourth-order valence-electron chi connectivity index (χ4n) is 2.82. The third-order valence-electron chi connectivity index (χ3n) is 4.23. The molecule has 0 spiro atoms. The van der Waals surface area contributed by atoms with Crippen molar-refractivity contribution >= 4 is 17.7 Å². The second kappa shape index (κ2) is 9.59. The molecule has 0 saturated heterocycles. The lowest BCUT2D eigenvalue weighted by Crippen LogP contribution is -2.13. The Morgan fingerprint density at radius 1 is 1.07 bits per heavy atom. The summed E-state index contributed by atoms with van der Waals surface area (Å²) in [5, 5.41) is 11.6. The summed E-state index contributed by atoms with van der Waals surface area (Å²) in [4.78, 5) is 12.5. The van der Waals surface area contributed by atoms with Crippen LogP contribution in [0.4, 0.5) is 5.69 Å². The molecule has 2 rings (SSSR count). The van der Waals surface area contributed by atoms with E-state index in [1.807, 2.05) is 24.3 Å². The standard InChI is InChI=1S/C23H26N2O2/c1-16(2)20-6-5-7-21(17(3)4)23(20)25-22(26)13-10-18-8-11-19(12-9-18)27-15-14-24/h5-13,16-17H,15H2,1-4H3,(H,25,26)/b13-10+. The Hall–Kier alpha value is -3.06. The first-order valence-electron chi connectivity index (χ1n) is 9.14. The molecule has 0 aliphatic heterocycles. The predicted octanol–water partition coefficient (Wildman–Crippen LogP) is 5.49. The van der Waals surface area contributed by atoms with Crippen LogP contribution in [0, 0.1) is 11.3 Å². The van der Waals surface area contributed by atoms with E-state index in [1.54, 1.807) is 18.2 Å². The number of amides is 1. The van der Waals surface area contributed by atoms with E-state index >= 15 is 0 Å². The molecule has 2 aromatic rings. The van der Waals surface area contributed by atoms with Gasteiger partial charge in [-0.2, -0.15) is 5.26 Å². The molecule has 0 fully saturated rings. The molecule has 0 atom stereocenters. The predicted molar refractivity (Wildman–Crippen MR) is 110 cm³/mol. The molecule has 0 aromatic heterocycles. The third-order valence-corrected chi connectivity index (χ3v) is 4.23. The highest BCUT2D eigenvalue weighted by molar-refractivity contribution is 6.03. The fourth-order valence-corrected chi connectivity index (χ4v) is 2.82. The highest BCUT2D eigenvalue weighted by Crippen LogP contribution is 2.32. The molecule has 0 aliphatic carbocycles. The first-order chi connectivity index (χ1) is 12.9. The van der Waals surface area contributed by atoms with Crippen LogP contribution < -0.4 is 10.1 Å². The van der Waals surface area contributed by atoms with Crippen molar-refractivity contribution in [2.75, 3.05) is 11.9 Å². The van der Waals surface area contributed by atoms with E-state index in [0.717, 1.165) is 22.4 Å². The molecule has 140 valence electrons. The van der Waals surface area contributed by atoms with Gasteiger partial charge in [-0.3, -0.25) is 4.79 Å². The van der Waals surface area contributed by atoms with Gasteiger partial charge in [0, 0.05) is 11.8 Å². The van der Waals surface area contributed by atoms with Gasteiger partial charge in [-0.1, -0.05) is 58.0 Å². The minimum absolute atomic E-state index is 0.0189. The van der Waals surface area contributed by atoms with Crippen molar-refractivity contribution in [3.8, 4) is 11.8 Å². The first-order valence-corrected chi connectivity index (χ1v) is 9.14. The number of nitrogens with one attached hydrogen (secondary N) is 1. The zero-order valence-corrected chi connectivity index (χ0v) is 16.3. The summed E-state index contributed by atoms with van der Waals surface area (Å²) < 4.78 is 5.22. The number of rotatable bonds is 7. The second-order valence-corrected chi connectivity index (χ2v) is 6.96. The zero-order valence-electron chi connectivity index (χ0n) is 16.3. The van der Waals surface area contributed by atoms with Gasteiger partial charge >= 0.3 is 0 Å². The highest BCUT2D eigenvalue weighted by atomic mass is 16.5. The van der Waals surface area contributed by atoms with Crippen molar-refractivity contribution in [2.45, 2.75) is 39.5 Å². The molecule has 0 saturated carbocycles.